The van der Waals surface area contributed by atoms with E-state index in [-0.39, 0.29) is 0 Å². The molecule has 2 heteroatoms. The van der Waals surface area contributed by atoms with E-state index in [2.05, 4.69) is 27.0 Å². The summed E-state index contributed by atoms with van der Waals surface area (Å²) in [5.41, 5.74) is 2.21. The lowest BCUT2D eigenvalue weighted by Crippen LogP contribution is -1.82. The molecule has 0 unspecified atom stereocenters. The van der Waals surface area contributed by atoms with Gasteiger partial charge in [-0.2, -0.15) is 0 Å². The number of aryl methyl sites for hydroxylation is 1. The van der Waals surface area contributed by atoms with Gasteiger partial charge in [0.15, 0.2) is 0 Å². The van der Waals surface area contributed by atoms with Crippen molar-refractivity contribution in [2.24, 2.45) is 0 Å². The van der Waals surface area contributed by atoms with Gasteiger partial charge < -0.3 is 0 Å². The number of fused-ring (bicyclic) bond motifs is 1. The Morgan fingerprint density at radius 1 is 1.25 bits per heavy atom. The predicted molar refractivity (Wildman–Crippen MR) is 54.2 cm³/mol. The fourth-order valence-corrected chi connectivity index (χ4v) is 1.64. The van der Waals surface area contributed by atoms with Crippen LogP contribution >= 0.6 is 15.9 Å². The summed E-state index contributed by atoms with van der Waals surface area (Å²) in [6, 6.07) is 8.10. The minimum atomic E-state index is 1.04. The third kappa shape index (κ3) is 1.12. The molecule has 12 heavy (non-hydrogen) atoms. The molecule has 0 bridgehead atoms. The van der Waals surface area contributed by atoms with Crippen LogP contribution in [0.25, 0.3) is 10.9 Å². The Kier molecular flexibility index (Phi) is 1.85. The first kappa shape index (κ1) is 7.74. The molecule has 0 fully saturated rings. The quantitative estimate of drug-likeness (QED) is 0.666. The Balaban J connectivity index is 2.91. The molecule has 2 aromatic rings. The van der Waals surface area contributed by atoms with E-state index in [0.29, 0.717) is 0 Å². The molecule has 0 aliphatic carbocycles. The van der Waals surface area contributed by atoms with Crippen LogP contribution in [0.5, 0.6) is 0 Å². The third-order valence-corrected chi connectivity index (χ3v) is 2.94. The molecule has 0 aliphatic heterocycles. The number of rotatable bonds is 0. The van der Waals surface area contributed by atoms with Crippen LogP contribution < -0.4 is 0 Å². The number of pyridine rings is 1. The molecular formula is C10H8BrN. The Labute approximate surface area is 79.6 Å². The number of aromatic nitrogens is 1. The molecule has 0 saturated heterocycles. The van der Waals surface area contributed by atoms with Gasteiger partial charge in [0.25, 0.3) is 0 Å². The van der Waals surface area contributed by atoms with Gasteiger partial charge in [0, 0.05) is 16.1 Å². The summed E-state index contributed by atoms with van der Waals surface area (Å²) in [6.45, 7) is 2.05. The Morgan fingerprint density at radius 2 is 2.00 bits per heavy atom. The van der Waals surface area contributed by atoms with Crippen LogP contribution in [0.3, 0.4) is 0 Å². The second-order valence-corrected chi connectivity index (χ2v) is 3.57. The highest BCUT2D eigenvalue weighted by molar-refractivity contribution is 9.10. The minimum absolute atomic E-state index is 1.04. The van der Waals surface area contributed by atoms with Crippen molar-refractivity contribution in [1.29, 1.82) is 0 Å². The van der Waals surface area contributed by atoms with Gasteiger partial charge >= 0.3 is 0 Å². The fraction of sp³-hybridized carbons (Fsp3) is 0.100. The summed E-state index contributed by atoms with van der Waals surface area (Å²) in [5, 5.41) is 1.18. The van der Waals surface area contributed by atoms with E-state index in [9.17, 15) is 0 Å². The van der Waals surface area contributed by atoms with Crippen molar-refractivity contribution in [2.45, 2.75) is 6.92 Å². The number of hydrogen-bond donors (Lipinski definition) is 0. The van der Waals surface area contributed by atoms with E-state index in [1.165, 1.54) is 10.9 Å². The predicted octanol–water partition coefficient (Wildman–Crippen LogP) is 3.31. The van der Waals surface area contributed by atoms with Crippen LogP contribution in [0.4, 0.5) is 0 Å². The van der Waals surface area contributed by atoms with E-state index < -0.39 is 0 Å². The van der Waals surface area contributed by atoms with Crippen LogP contribution in [-0.4, -0.2) is 4.98 Å². The van der Waals surface area contributed by atoms with Gasteiger partial charge in [-0.3, -0.25) is 4.98 Å². The molecule has 2 rings (SSSR count). The average Bonchev–Trinajstić information content (AvgIpc) is 2.12. The number of hydrogen-bond acceptors (Lipinski definition) is 1. The summed E-state index contributed by atoms with van der Waals surface area (Å²) in [4.78, 5) is 4.31. The second-order valence-electron chi connectivity index (χ2n) is 2.77. The second kappa shape index (κ2) is 2.87. The Hall–Kier alpha value is -0.890. The van der Waals surface area contributed by atoms with Crippen LogP contribution in [0, 0.1) is 6.92 Å². The molecule has 0 amide bonds. The van der Waals surface area contributed by atoms with Crippen molar-refractivity contribution in [3.63, 3.8) is 0 Å². The maximum atomic E-state index is 4.31. The van der Waals surface area contributed by atoms with Crippen LogP contribution in [-0.2, 0) is 0 Å². The van der Waals surface area contributed by atoms with Gasteiger partial charge in [-0.05, 0) is 34.5 Å². The number of halogens is 1. The third-order valence-electron chi connectivity index (χ3n) is 1.88. The SMILES string of the molecule is Cc1cnc2ccccc2c1Br. The molecule has 0 saturated carbocycles. The molecule has 1 nitrogen and oxygen atoms in total. The number of nitrogens with zero attached hydrogens (tertiary/aromatic N) is 1. The normalized spacial score (nSPS) is 10.5. The van der Waals surface area contributed by atoms with Crippen molar-refractivity contribution in [3.05, 3.63) is 40.5 Å². The van der Waals surface area contributed by atoms with Gasteiger partial charge in [0.2, 0.25) is 0 Å². The zero-order valence-electron chi connectivity index (χ0n) is 6.71. The first-order valence-corrected chi connectivity index (χ1v) is 4.58. The zero-order chi connectivity index (χ0) is 8.55. The van der Waals surface area contributed by atoms with E-state index in [0.717, 1.165) is 9.99 Å². The molecule has 1 aromatic heterocycles. The average molecular weight is 222 g/mol. The van der Waals surface area contributed by atoms with Gasteiger partial charge in [-0.25, -0.2) is 0 Å². The standard InChI is InChI=1S/C10H8BrN/c1-7-6-12-9-5-3-2-4-8(9)10(7)11/h2-6H,1H3. The van der Waals surface area contributed by atoms with Crippen molar-refractivity contribution >= 4 is 26.8 Å². The van der Waals surface area contributed by atoms with Crippen LogP contribution in [0.2, 0.25) is 0 Å². The van der Waals surface area contributed by atoms with Crippen molar-refractivity contribution in [2.75, 3.05) is 0 Å². The summed E-state index contributed by atoms with van der Waals surface area (Å²) >= 11 is 3.54. The molecular weight excluding hydrogens is 214 g/mol. The topological polar surface area (TPSA) is 12.9 Å². The highest BCUT2D eigenvalue weighted by Crippen LogP contribution is 2.24. The summed E-state index contributed by atoms with van der Waals surface area (Å²) < 4.78 is 1.15. The maximum Gasteiger partial charge on any atom is 0.0713 e. The maximum absolute atomic E-state index is 4.31. The molecule has 0 spiro atoms. The van der Waals surface area contributed by atoms with Crippen LogP contribution in [0.1, 0.15) is 5.56 Å². The minimum Gasteiger partial charge on any atom is -0.256 e. The first-order chi connectivity index (χ1) is 5.79. The fourth-order valence-electron chi connectivity index (χ4n) is 1.21. The lowest BCUT2D eigenvalue weighted by molar-refractivity contribution is 1.32. The van der Waals surface area contributed by atoms with E-state index >= 15 is 0 Å². The molecule has 0 radical (unpaired) electrons. The van der Waals surface area contributed by atoms with Crippen LogP contribution in [0.15, 0.2) is 34.9 Å². The van der Waals surface area contributed by atoms with Gasteiger partial charge in [0.05, 0.1) is 5.52 Å². The Bertz CT molecular complexity index is 423. The van der Waals surface area contributed by atoms with E-state index in [1.807, 2.05) is 31.3 Å². The summed E-state index contributed by atoms with van der Waals surface area (Å²) in [5.74, 6) is 0. The molecule has 1 heterocycles. The smallest absolute Gasteiger partial charge is 0.0713 e. The molecule has 1 aromatic carbocycles. The Morgan fingerprint density at radius 3 is 2.83 bits per heavy atom. The highest BCUT2D eigenvalue weighted by Gasteiger charge is 2.00. The molecule has 0 aliphatic rings. The first-order valence-electron chi connectivity index (χ1n) is 3.79. The van der Waals surface area contributed by atoms with Crippen molar-refractivity contribution in [3.8, 4) is 0 Å². The highest BCUT2D eigenvalue weighted by atomic mass is 79.9. The van der Waals surface area contributed by atoms with E-state index in [1.54, 1.807) is 0 Å². The monoisotopic (exact) mass is 221 g/mol. The molecule has 0 N–H and O–H groups in total. The van der Waals surface area contributed by atoms with Gasteiger partial charge in [-0.1, -0.05) is 18.2 Å². The summed E-state index contributed by atoms with van der Waals surface area (Å²) in [7, 11) is 0. The zero-order valence-corrected chi connectivity index (χ0v) is 8.30. The summed E-state index contributed by atoms with van der Waals surface area (Å²) in [6.07, 6.45) is 1.88. The lowest BCUT2D eigenvalue weighted by Gasteiger charge is -2.01. The van der Waals surface area contributed by atoms with Gasteiger partial charge in [0.1, 0.15) is 0 Å². The number of benzene rings is 1. The number of para-hydroxylation sites is 1. The van der Waals surface area contributed by atoms with E-state index in [4.69, 9.17) is 0 Å². The van der Waals surface area contributed by atoms with Crippen molar-refractivity contribution < 1.29 is 0 Å². The molecule has 60 valence electrons. The molecule has 0 atom stereocenters. The van der Waals surface area contributed by atoms with Crippen molar-refractivity contribution in [1.82, 2.24) is 4.98 Å². The van der Waals surface area contributed by atoms with Gasteiger partial charge in [-0.15, -0.1) is 0 Å². The lowest BCUT2D eigenvalue weighted by atomic mass is 10.2. The largest absolute Gasteiger partial charge is 0.256 e.